The van der Waals surface area contributed by atoms with Crippen LogP contribution in [0.25, 0.3) is 111 Å². The van der Waals surface area contributed by atoms with E-state index in [1.165, 1.54) is 282 Å². The summed E-state index contributed by atoms with van der Waals surface area (Å²) in [6.45, 7) is 34.9. The number of rotatable bonds is 0. The second-order valence-electron chi connectivity index (χ2n) is 37.2. The Morgan fingerprint density at radius 1 is 0.163 bits per heavy atom. The molecule has 0 radical (unpaired) electrons. The van der Waals surface area contributed by atoms with E-state index >= 15 is 0 Å². The van der Waals surface area contributed by atoms with Gasteiger partial charge in [0.05, 0.1) is 0 Å². The van der Waals surface area contributed by atoms with Crippen molar-refractivity contribution in [3.05, 3.63) is 445 Å². The van der Waals surface area contributed by atoms with Crippen molar-refractivity contribution in [1.29, 1.82) is 0 Å². The fraction of sp³-hybridized carbons (Fsp3) is 0.220. The standard InChI is InChI=1S/C22H16.C18H18.C16H16.3C15H14.2C11H12/c1-13-9-11-19-18-8-4-6-16-14(2)10-12-20(22(16)18)17-7-3-5-15(13)21(17)19;1-11-7-13-3-5-15-9-12(2)10-16-6-4-14(8-11)17(13)18(15)16;1-11-3-7-15-13(9-11)5-6-14-10-12(2)4-8-16(14)15;1-10-3-5-14-12(7-10)9-13-8-11(2)4-6-15(13)14;1-10-3-5-12-9-13-6-4-11(2)8-15(13)14(12)7-10;1-10-5-3-7-12-9-13-8-4-6-11(2)15(13)14(10)12;2*1-8-3-4-10-6-9(2)7-11(10)5-8/h3-12H,1-2H3;7-10H,3-6H2,1-2H3;3-4,7-10H,5-6H2,1-2H3;3*3-8H,9H2,1-2H3;3-5,7H,6H2,1-2H3;3-6H,7H2,1-2H3. The van der Waals surface area contributed by atoms with Crippen molar-refractivity contribution in [3.8, 4) is 55.6 Å². The minimum atomic E-state index is 1.10. The first-order valence-corrected chi connectivity index (χ1v) is 45.1. The molecular formula is C123H116. The second-order valence-corrected chi connectivity index (χ2v) is 37.2. The summed E-state index contributed by atoms with van der Waals surface area (Å²) >= 11 is 0. The summed E-state index contributed by atoms with van der Waals surface area (Å²) in [5.41, 5.74) is 61.0. The van der Waals surface area contributed by atoms with Crippen LogP contribution < -0.4 is 0 Å². The molecule has 0 amide bonds. The molecule has 0 aliphatic heterocycles. The van der Waals surface area contributed by atoms with E-state index in [1.54, 1.807) is 33.4 Å². The first-order chi connectivity index (χ1) is 59.5. The van der Waals surface area contributed by atoms with Gasteiger partial charge in [0.15, 0.2) is 0 Å². The predicted octanol–water partition coefficient (Wildman–Crippen LogP) is 32.1. The van der Waals surface area contributed by atoms with Crippen LogP contribution in [0.5, 0.6) is 0 Å². The van der Waals surface area contributed by atoms with Crippen LogP contribution in [-0.4, -0.2) is 0 Å². The lowest BCUT2D eigenvalue weighted by Crippen LogP contribution is -2.14. The van der Waals surface area contributed by atoms with Crippen LogP contribution in [0.3, 0.4) is 0 Å². The molecule has 608 valence electrons. The minimum Gasteiger partial charge on any atom is -0.0683 e. The number of benzene rings is 17. The highest BCUT2D eigenvalue weighted by Gasteiger charge is 2.28. The van der Waals surface area contributed by atoms with Crippen LogP contribution in [0.15, 0.2) is 278 Å². The molecule has 0 atom stereocenters. The van der Waals surface area contributed by atoms with Gasteiger partial charge in [-0.2, -0.15) is 0 Å². The van der Waals surface area contributed by atoms with Gasteiger partial charge in [-0.25, -0.2) is 0 Å². The van der Waals surface area contributed by atoms with E-state index in [2.05, 4.69) is 390 Å². The van der Waals surface area contributed by atoms with E-state index in [9.17, 15) is 0 Å². The first kappa shape index (κ1) is 81.5. The van der Waals surface area contributed by atoms with E-state index in [4.69, 9.17) is 0 Å². The van der Waals surface area contributed by atoms with E-state index in [-0.39, 0.29) is 0 Å². The number of aryl methyl sites for hydroxylation is 20. The maximum atomic E-state index is 2.40. The van der Waals surface area contributed by atoms with E-state index in [0.717, 1.165) is 32.1 Å². The smallest absolute Gasteiger partial charge is 0.00133 e. The molecule has 25 rings (SSSR count). The Hall–Kier alpha value is -12.5. The molecule has 0 nitrogen and oxygen atoms in total. The van der Waals surface area contributed by atoms with Crippen molar-refractivity contribution in [2.75, 3.05) is 0 Å². The SMILES string of the molecule is CC1=Cc2cc(C)ccc2C1.CC1=Cc2ccc(C)cc2C1.Cc1cc2c3c(c1)CCc1cc(C)cc(c1-3)CC2.Cc1ccc2c(c1)-c1cc(C)ccc1C2.Cc1ccc2c(c1)CCc1cc(C)ccc1-2.Cc1ccc2c(c1)Cc1cc(C)ccc1-2.Cc1ccc2c3cccc4c(C)ccc(c5cccc1c52)c43.Cc1cccc2c1-c1c(C)cccc1C2. The average Bonchev–Trinajstić information content (AvgIpc) is 1.70. The summed E-state index contributed by atoms with van der Waals surface area (Å²) < 4.78 is 0. The Bertz CT molecular complexity index is 6700. The number of hydrogen-bond donors (Lipinski definition) is 0. The fourth-order valence-electron chi connectivity index (χ4n) is 21.3. The summed E-state index contributed by atoms with van der Waals surface area (Å²) in [7, 11) is 0. The molecule has 0 bridgehead atoms. The van der Waals surface area contributed by atoms with Gasteiger partial charge in [-0.15, -0.1) is 0 Å². The molecule has 17 aromatic carbocycles. The molecule has 0 heteroatoms. The van der Waals surface area contributed by atoms with E-state index < -0.39 is 0 Å². The third-order valence-electron chi connectivity index (χ3n) is 27.1. The third-order valence-corrected chi connectivity index (χ3v) is 27.1. The molecule has 0 saturated heterocycles. The van der Waals surface area contributed by atoms with Gasteiger partial charge >= 0.3 is 0 Å². The monoisotopic (exact) mass is 1590 g/mol. The van der Waals surface area contributed by atoms with Gasteiger partial charge in [0.2, 0.25) is 0 Å². The van der Waals surface area contributed by atoms with Gasteiger partial charge in [-0.05, 0) is 391 Å². The summed E-state index contributed by atoms with van der Waals surface area (Å²) in [4.78, 5) is 0. The Balaban J connectivity index is 0.0000000967. The van der Waals surface area contributed by atoms with Gasteiger partial charge in [0, 0.05) is 0 Å². The quantitative estimate of drug-likeness (QED) is 0.105. The average molecular weight is 1590 g/mol. The van der Waals surface area contributed by atoms with Crippen molar-refractivity contribution in [1.82, 2.24) is 0 Å². The van der Waals surface area contributed by atoms with Crippen LogP contribution in [0.4, 0.5) is 0 Å². The Morgan fingerprint density at radius 2 is 0.472 bits per heavy atom. The van der Waals surface area contributed by atoms with E-state index in [0.29, 0.717) is 0 Å². The zero-order valence-electron chi connectivity index (χ0n) is 75.3. The molecule has 0 unspecified atom stereocenters. The Morgan fingerprint density at radius 3 is 0.919 bits per heavy atom. The Labute approximate surface area is 732 Å². The zero-order chi connectivity index (χ0) is 85.2. The lowest BCUT2D eigenvalue weighted by molar-refractivity contribution is 0.871. The van der Waals surface area contributed by atoms with Crippen LogP contribution in [0.1, 0.15) is 181 Å². The van der Waals surface area contributed by atoms with Crippen molar-refractivity contribution in [2.45, 2.75) is 181 Å². The molecule has 0 saturated carbocycles. The molecule has 0 spiro atoms. The van der Waals surface area contributed by atoms with Crippen molar-refractivity contribution < 1.29 is 0 Å². The van der Waals surface area contributed by atoms with Crippen LogP contribution in [0.2, 0.25) is 0 Å². The molecule has 0 heterocycles. The topological polar surface area (TPSA) is 0 Å². The van der Waals surface area contributed by atoms with Crippen molar-refractivity contribution >= 4 is 55.2 Å². The highest BCUT2D eigenvalue weighted by molar-refractivity contribution is 6.33. The van der Waals surface area contributed by atoms with Crippen LogP contribution >= 0.6 is 0 Å². The first-order valence-electron chi connectivity index (χ1n) is 45.1. The summed E-state index contributed by atoms with van der Waals surface area (Å²) in [5.74, 6) is 0. The second kappa shape index (κ2) is 34.1. The summed E-state index contributed by atoms with van der Waals surface area (Å²) in [5, 5.41) is 11.1. The molecule has 8 aliphatic rings. The molecule has 8 aliphatic carbocycles. The molecule has 123 heavy (non-hydrogen) atoms. The third kappa shape index (κ3) is 16.6. The van der Waals surface area contributed by atoms with Gasteiger partial charge in [-0.3, -0.25) is 0 Å². The fourth-order valence-corrected chi connectivity index (χ4v) is 21.3. The lowest BCUT2D eigenvalue weighted by atomic mass is 9.74. The van der Waals surface area contributed by atoms with Gasteiger partial charge in [-0.1, -0.05) is 346 Å². The van der Waals surface area contributed by atoms with Crippen molar-refractivity contribution in [2.24, 2.45) is 0 Å². The van der Waals surface area contributed by atoms with Gasteiger partial charge in [0.25, 0.3) is 0 Å². The number of allylic oxidation sites excluding steroid dienone is 2. The minimum absolute atomic E-state index is 1.10. The van der Waals surface area contributed by atoms with Crippen molar-refractivity contribution in [3.63, 3.8) is 0 Å². The highest BCUT2D eigenvalue weighted by atomic mass is 14.3. The maximum Gasteiger partial charge on any atom is -0.00133 e. The van der Waals surface area contributed by atoms with Gasteiger partial charge in [0.1, 0.15) is 0 Å². The normalized spacial score (nSPS) is 13.3. The zero-order valence-corrected chi connectivity index (χ0v) is 75.3. The molecule has 17 aromatic rings. The largest absolute Gasteiger partial charge is 0.0683 e. The highest BCUT2D eigenvalue weighted by Crippen LogP contribution is 2.47. The number of hydrogen-bond acceptors (Lipinski definition) is 0. The molecule has 0 N–H and O–H groups in total. The molecule has 0 aromatic heterocycles. The molecule has 0 fully saturated rings. The lowest BCUT2D eigenvalue weighted by Gasteiger charge is -2.30. The number of fused-ring (bicyclic) bond motifs is 16. The van der Waals surface area contributed by atoms with E-state index in [1.807, 2.05) is 0 Å². The summed E-state index contributed by atoms with van der Waals surface area (Å²) in [6, 6.07) is 99.4. The van der Waals surface area contributed by atoms with Crippen LogP contribution in [-0.2, 0) is 70.6 Å². The van der Waals surface area contributed by atoms with Gasteiger partial charge < -0.3 is 0 Å². The molecular weight excluding hydrogens is 1480 g/mol. The predicted molar refractivity (Wildman–Crippen MR) is 532 cm³/mol. The maximum absolute atomic E-state index is 2.40. The Kier molecular flexibility index (Phi) is 22.6. The summed E-state index contributed by atoms with van der Waals surface area (Å²) in [6.07, 6.45) is 17.4. The van der Waals surface area contributed by atoms with Crippen LogP contribution in [0, 0.1) is 96.9 Å².